The van der Waals surface area contributed by atoms with Crippen molar-refractivity contribution in [3.8, 4) is 0 Å². The predicted octanol–water partition coefficient (Wildman–Crippen LogP) is 1.66. The van der Waals surface area contributed by atoms with Crippen LogP contribution in [0.1, 0.15) is 6.92 Å². The molecular formula is C8H8Cl2F3N5O. The SMILES string of the molecule is CC(Nc1nc(Cl)nc(Cl)n1)C(=O)NCC(F)(F)F. The monoisotopic (exact) mass is 317 g/mol. The van der Waals surface area contributed by atoms with Gasteiger partial charge in [-0.15, -0.1) is 0 Å². The Morgan fingerprint density at radius 3 is 2.26 bits per heavy atom. The lowest BCUT2D eigenvalue weighted by atomic mass is 10.3. The van der Waals surface area contributed by atoms with Gasteiger partial charge in [0.15, 0.2) is 0 Å². The first-order chi connectivity index (χ1) is 8.67. The summed E-state index contributed by atoms with van der Waals surface area (Å²) in [6.07, 6.45) is -4.48. The first-order valence-electron chi connectivity index (χ1n) is 4.85. The average Bonchev–Trinajstić information content (AvgIpc) is 2.23. The minimum absolute atomic E-state index is 0.111. The molecule has 1 aromatic heterocycles. The van der Waals surface area contributed by atoms with Gasteiger partial charge in [0.05, 0.1) is 0 Å². The molecule has 1 rings (SSSR count). The van der Waals surface area contributed by atoms with Crippen molar-refractivity contribution in [1.29, 1.82) is 0 Å². The van der Waals surface area contributed by atoms with Crippen LogP contribution in [0.15, 0.2) is 0 Å². The number of amides is 1. The fraction of sp³-hybridized carbons (Fsp3) is 0.500. The number of hydrogen-bond acceptors (Lipinski definition) is 5. The highest BCUT2D eigenvalue weighted by Gasteiger charge is 2.28. The Kier molecular flexibility index (Phi) is 5.12. The van der Waals surface area contributed by atoms with Crippen molar-refractivity contribution in [3.05, 3.63) is 10.6 Å². The zero-order chi connectivity index (χ0) is 14.6. The number of anilines is 1. The van der Waals surface area contributed by atoms with E-state index in [9.17, 15) is 18.0 Å². The normalized spacial score (nSPS) is 12.9. The van der Waals surface area contributed by atoms with Gasteiger partial charge in [0, 0.05) is 0 Å². The molecule has 0 spiro atoms. The maximum atomic E-state index is 11.9. The third-order valence-corrected chi connectivity index (χ3v) is 2.12. The maximum absolute atomic E-state index is 11.9. The molecule has 0 radical (unpaired) electrons. The molecule has 1 atom stereocenters. The van der Waals surface area contributed by atoms with E-state index in [0.717, 1.165) is 0 Å². The molecule has 0 aliphatic carbocycles. The standard InChI is InChI=1S/C8H8Cl2F3N5O/c1-3(4(19)14-2-8(11,12)13)15-7-17-5(9)16-6(10)18-7/h3H,2H2,1H3,(H,14,19)(H,15,16,17,18). The summed E-state index contributed by atoms with van der Waals surface area (Å²) in [6, 6.07) is -1.00. The number of carbonyl (C=O) groups excluding carboxylic acids is 1. The molecule has 11 heteroatoms. The van der Waals surface area contributed by atoms with E-state index < -0.39 is 24.7 Å². The number of aromatic nitrogens is 3. The van der Waals surface area contributed by atoms with E-state index in [0.29, 0.717) is 0 Å². The van der Waals surface area contributed by atoms with Crippen LogP contribution in [-0.4, -0.2) is 39.6 Å². The van der Waals surface area contributed by atoms with Crippen molar-refractivity contribution in [2.75, 3.05) is 11.9 Å². The van der Waals surface area contributed by atoms with Crippen molar-refractivity contribution in [2.24, 2.45) is 0 Å². The Hall–Kier alpha value is -1.35. The van der Waals surface area contributed by atoms with E-state index in [1.807, 2.05) is 0 Å². The van der Waals surface area contributed by atoms with Gasteiger partial charge in [0.25, 0.3) is 0 Å². The average molecular weight is 318 g/mol. The third-order valence-electron chi connectivity index (χ3n) is 1.78. The van der Waals surface area contributed by atoms with E-state index in [1.54, 1.807) is 5.32 Å². The summed E-state index contributed by atoms with van der Waals surface area (Å²) in [5.74, 6) is -0.982. The van der Waals surface area contributed by atoms with Crippen LogP contribution in [0.2, 0.25) is 10.6 Å². The van der Waals surface area contributed by atoms with Gasteiger partial charge in [-0.3, -0.25) is 4.79 Å². The molecule has 0 saturated heterocycles. The number of halogens is 5. The molecule has 0 bridgehead atoms. The molecule has 1 amide bonds. The number of hydrogen-bond donors (Lipinski definition) is 2. The first-order valence-corrected chi connectivity index (χ1v) is 5.61. The van der Waals surface area contributed by atoms with Gasteiger partial charge in [-0.05, 0) is 30.1 Å². The summed E-state index contributed by atoms with van der Waals surface area (Å²) in [5, 5.41) is 3.75. The number of nitrogens with one attached hydrogen (secondary N) is 2. The van der Waals surface area contributed by atoms with Gasteiger partial charge in [0.2, 0.25) is 22.4 Å². The van der Waals surface area contributed by atoms with E-state index in [4.69, 9.17) is 23.2 Å². The largest absolute Gasteiger partial charge is 0.405 e. The molecule has 1 heterocycles. The highest BCUT2D eigenvalue weighted by Crippen LogP contribution is 2.13. The maximum Gasteiger partial charge on any atom is 0.405 e. The molecule has 1 unspecified atom stereocenters. The quantitative estimate of drug-likeness (QED) is 0.882. The van der Waals surface area contributed by atoms with Gasteiger partial charge in [-0.1, -0.05) is 0 Å². The van der Waals surface area contributed by atoms with Crippen LogP contribution in [0.25, 0.3) is 0 Å². The summed E-state index contributed by atoms with van der Waals surface area (Å²) in [6.45, 7) is -0.0894. The van der Waals surface area contributed by atoms with Crippen LogP contribution >= 0.6 is 23.2 Å². The van der Waals surface area contributed by atoms with Gasteiger partial charge in [0.1, 0.15) is 12.6 Å². The second kappa shape index (κ2) is 6.20. The predicted molar refractivity (Wildman–Crippen MR) is 62.0 cm³/mol. The Labute approximate surface area is 115 Å². The van der Waals surface area contributed by atoms with E-state index in [2.05, 4.69) is 20.3 Å². The third kappa shape index (κ3) is 5.88. The smallest absolute Gasteiger partial charge is 0.345 e. The zero-order valence-electron chi connectivity index (χ0n) is 9.42. The topological polar surface area (TPSA) is 79.8 Å². The van der Waals surface area contributed by atoms with Gasteiger partial charge in [-0.25, -0.2) is 0 Å². The Morgan fingerprint density at radius 1 is 1.26 bits per heavy atom. The van der Waals surface area contributed by atoms with Crippen molar-refractivity contribution >= 4 is 35.1 Å². The molecule has 0 aliphatic rings. The number of rotatable bonds is 4. The minimum atomic E-state index is -4.48. The van der Waals surface area contributed by atoms with Crippen LogP contribution in [-0.2, 0) is 4.79 Å². The molecule has 0 fully saturated rings. The highest BCUT2D eigenvalue weighted by atomic mass is 35.5. The van der Waals surface area contributed by atoms with E-state index in [-0.39, 0.29) is 16.5 Å². The molecule has 2 N–H and O–H groups in total. The number of nitrogens with zero attached hydrogens (tertiary/aromatic N) is 3. The fourth-order valence-corrected chi connectivity index (χ4v) is 1.35. The minimum Gasteiger partial charge on any atom is -0.345 e. The summed E-state index contributed by atoms with van der Waals surface area (Å²) in [7, 11) is 0. The number of carbonyl (C=O) groups is 1. The molecule has 106 valence electrons. The van der Waals surface area contributed by atoms with Crippen molar-refractivity contribution in [2.45, 2.75) is 19.1 Å². The molecule has 19 heavy (non-hydrogen) atoms. The molecule has 0 saturated carbocycles. The summed E-state index contributed by atoms with van der Waals surface area (Å²) in [5.41, 5.74) is 0. The number of alkyl halides is 3. The lowest BCUT2D eigenvalue weighted by Crippen LogP contribution is -2.42. The zero-order valence-corrected chi connectivity index (χ0v) is 10.9. The molecule has 1 aromatic rings. The van der Waals surface area contributed by atoms with E-state index in [1.165, 1.54) is 6.92 Å². The van der Waals surface area contributed by atoms with Gasteiger partial charge in [-0.2, -0.15) is 28.1 Å². The van der Waals surface area contributed by atoms with Crippen LogP contribution < -0.4 is 10.6 Å². The second-order valence-electron chi connectivity index (χ2n) is 3.40. The molecule has 6 nitrogen and oxygen atoms in total. The van der Waals surface area contributed by atoms with Crippen molar-refractivity contribution in [3.63, 3.8) is 0 Å². The lowest BCUT2D eigenvalue weighted by Gasteiger charge is -2.14. The van der Waals surface area contributed by atoms with Crippen molar-refractivity contribution < 1.29 is 18.0 Å². The molecule has 0 aliphatic heterocycles. The second-order valence-corrected chi connectivity index (χ2v) is 4.07. The van der Waals surface area contributed by atoms with Crippen molar-refractivity contribution in [1.82, 2.24) is 20.3 Å². The molecular weight excluding hydrogens is 310 g/mol. The molecule has 0 aromatic carbocycles. The Balaban J connectivity index is 2.58. The fourth-order valence-electron chi connectivity index (χ4n) is 0.990. The first kappa shape index (κ1) is 15.7. The Morgan fingerprint density at radius 2 is 1.79 bits per heavy atom. The van der Waals surface area contributed by atoms with Crippen LogP contribution in [0, 0.1) is 0 Å². The van der Waals surface area contributed by atoms with Crippen LogP contribution in [0.5, 0.6) is 0 Å². The summed E-state index contributed by atoms with van der Waals surface area (Å²) in [4.78, 5) is 22.0. The van der Waals surface area contributed by atoms with Gasteiger partial charge < -0.3 is 10.6 Å². The van der Waals surface area contributed by atoms with E-state index >= 15 is 0 Å². The lowest BCUT2D eigenvalue weighted by molar-refractivity contribution is -0.138. The Bertz CT molecular complexity index is 450. The van der Waals surface area contributed by atoms with Gasteiger partial charge >= 0.3 is 6.18 Å². The highest BCUT2D eigenvalue weighted by molar-refractivity contribution is 6.31. The summed E-state index contributed by atoms with van der Waals surface area (Å²) < 4.78 is 35.7. The summed E-state index contributed by atoms with van der Waals surface area (Å²) >= 11 is 11.0. The van der Waals surface area contributed by atoms with Crippen LogP contribution in [0.4, 0.5) is 19.1 Å². The van der Waals surface area contributed by atoms with Crippen LogP contribution in [0.3, 0.4) is 0 Å².